The molecule has 1 aliphatic heterocycles. The molecule has 1 aliphatic rings. The Morgan fingerprint density at radius 2 is 2.13 bits per heavy atom. The summed E-state index contributed by atoms with van der Waals surface area (Å²) in [4.78, 5) is 12.3. The van der Waals surface area contributed by atoms with Gasteiger partial charge >= 0.3 is 0 Å². The van der Waals surface area contributed by atoms with Gasteiger partial charge in [-0.25, -0.2) is 13.2 Å². The van der Waals surface area contributed by atoms with Gasteiger partial charge in [-0.2, -0.15) is 0 Å². The van der Waals surface area contributed by atoms with Crippen LogP contribution in [0.15, 0.2) is 12.1 Å². The van der Waals surface area contributed by atoms with Gasteiger partial charge in [-0.3, -0.25) is 4.79 Å². The van der Waals surface area contributed by atoms with Crippen LogP contribution in [0.2, 0.25) is 0 Å². The van der Waals surface area contributed by atoms with E-state index in [9.17, 15) is 18.0 Å². The number of carbonyl (C=O) groups is 1. The standard InChI is InChI=1S/C17H21F3O3/c1-3-22-14-7-6-12(15(16(14)18)17(19)20)13(21)8-11-5-4-10(2)23-9-11/h6-7,10-11,17H,3-5,8-9H2,1-2H3. The van der Waals surface area contributed by atoms with E-state index in [1.807, 2.05) is 6.92 Å². The number of hydrogen-bond acceptors (Lipinski definition) is 3. The molecule has 2 unspecified atom stereocenters. The molecule has 1 saturated heterocycles. The lowest BCUT2D eigenvalue weighted by molar-refractivity contribution is -0.00593. The van der Waals surface area contributed by atoms with Crippen LogP contribution < -0.4 is 4.74 Å². The molecule has 1 heterocycles. The zero-order valence-electron chi connectivity index (χ0n) is 13.3. The van der Waals surface area contributed by atoms with Crippen molar-refractivity contribution in [3.8, 4) is 5.75 Å². The van der Waals surface area contributed by atoms with Crippen molar-refractivity contribution in [2.45, 2.75) is 45.6 Å². The lowest BCUT2D eigenvalue weighted by atomic mass is 9.90. The second-order valence-corrected chi connectivity index (χ2v) is 5.79. The highest BCUT2D eigenvalue weighted by molar-refractivity contribution is 5.98. The van der Waals surface area contributed by atoms with E-state index in [1.165, 1.54) is 12.1 Å². The van der Waals surface area contributed by atoms with Gasteiger partial charge < -0.3 is 9.47 Å². The highest BCUT2D eigenvalue weighted by atomic mass is 19.3. The molecule has 1 fully saturated rings. The average Bonchev–Trinajstić information content (AvgIpc) is 2.51. The predicted molar refractivity (Wildman–Crippen MR) is 79.6 cm³/mol. The summed E-state index contributed by atoms with van der Waals surface area (Å²) in [6.07, 6.45) is -1.20. The summed E-state index contributed by atoms with van der Waals surface area (Å²) >= 11 is 0. The highest BCUT2D eigenvalue weighted by Crippen LogP contribution is 2.33. The first-order valence-electron chi connectivity index (χ1n) is 7.82. The number of alkyl halides is 2. The molecule has 0 bridgehead atoms. The quantitative estimate of drug-likeness (QED) is 0.718. The van der Waals surface area contributed by atoms with Crippen LogP contribution in [0.4, 0.5) is 13.2 Å². The van der Waals surface area contributed by atoms with E-state index in [0.717, 1.165) is 12.8 Å². The maximum absolute atomic E-state index is 14.2. The Kier molecular flexibility index (Phi) is 6.04. The summed E-state index contributed by atoms with van der Waals surface area (Å²) in [6, 6.07) is 2.46. The molecule has 3 nitrogen and oxygen atoms in total. The van der Waals surface area contributed by atoms with Gasteiger partial charge in [0.25, 0.3) is 6.43 Å². The number of carbonyl (C=O) groups excluding carboxylic acids is 1. The zero-order chi connectivity index (χ0) is 17.0. The Morgan fingerprint density at radius 3 is 2.70 bits per heavy atom. The molecule has 2 rings (SSSR count). The fourth-order valence-corrected chi connectivity index (χ4v) is 2.77. The monoisotopic (exact) mass is 330 g/mol. The van der Waals surface area contributed by atoms with Gasteiger partial charge in [0.05, 0.1) is 24.9 Å². The van der Waals surface area contributed by atoms with E-state index < -0.39 is 23.6 Å². The molecular weight excluding hydrogens is 309 g/mol. The van der Waals surface area contributed by atoms with Gasteiger partial charge in [-0.05, 0) is 44.7 Å². The highest BCUT2D eigenvalue weighted by Gasteiger charge is 2.28. The first kappa shape index (κ1) is 17.8. The minimum absolute atomic E-state index is 0.0150. The third kappa shape index (κ3) is 4.25. The Hall–Kier alpha value is -1.56. The van der Waals surface area contributed by atoms with Gasteiger partial charge in [-0.1, -0.05) is 0 Å². The molecule has 6 heteroatoms. The van der Waals surface area contributed by atoms with E-state index in [-0.39, 0.29) is 36.4 Å². The first-order valence-corrected chi connectivity index (χ1v) is 7.82. The Morgan fingerprint density at radius 1 is 1.39 bits per heavy atom. The Balaban J connectivity index is 2.20. The lowest BCUT2D eigenvalue weighted by Crippen LogP contribution is -2.25. The molecule has 23 heavy (non-hydrogen) atoms. The number of hydrogen-bond donors (Lipinski definition) is 0. The summed E-state index contributed by atoms with van der Waals surface area (Å²) in [7, 11) is 0. The zero-order valence-corrected chi connectivity index (χ0v) is 13.3. The van der Waals surface area contributed by atoms with Crippen molar-refractivity contribution >= 4 is 5.78 Å². The summed E-state index contributed by atoms with van der Waals surface area (Å²) in [5.74, 6) is -1.90. The number of benzene rings is 1. The molecule has 0 radical (unpaired) electrons. The molecule has 0 aliphatic carbocycles. The Bertz CT molecular complexity index is 552. The molecule has 0 aromatic heterocycles. The summed E-state index contributed by atoms with van der Waals surface area (Å²) < 4.78 is 51.1. The molecular formula is C17H21F3O3. The van der Waals surface area contributed by atoms with Crippen LogP contribution in [0.1, 0.15) is 55.5 Å². The number of ketones is 1. The molecule has 0 amide bonds. The first-order chi connectivity index (χ1) is 10.9. The minimum Gasteiger partial charge on any atom is -0.491 e. The van der Waals surface area contributed by atoms with Gasteiger partial charge in [0.15, 0.2) is 17.3 Å². The second kappa shape index (κ2) is 7.81. The fourth-order valence-electron chi connectivity index (χ4n) is 2.77. The summed E-state index contributed by atoms with van der Waals surface area (Å²) in [5.41, 5.74) is -1.13. The van der Waals surface area contributed by atoms with Gasteiger partial charge in [0.2, 0.25) is 0 Å². The largest absolute Gasteiger partial charge is 0.491 e. The van der Waals surface area contributed by atoms with Crippen molar-refractivity contribution < 1.29 is 27.4 Å². The third-order valence-electron chi connectivity index (χ3n) is 4.03. The minimum atomic E-state index is -3.07. The summed E-state index contributed by atoms with van der Waals surface area (Å²) in [5, 5.41) is 0. The normalized spacial score (nSPS) is 21.5. The van der Waals surface area contributed by atoms with Gasteiger partial charge in [-0.15, -0.1) is 0 Å². The predicted octanol–water partition coefficient (Wildman–Crippen LogP) is 4.55. The van der Waals surface area contributed by atoms with E-state index in [1.54, 1.807) is 6.92 Å². The molecule has 128 valence electrons. The molecule has 2 atom stereocenters. The van der Waals surface area contributed by atoms with E-state index in [4.69, 9.17) is 9.47 Å². The van der Waals surface area contributed by atoms with Crippen LogP contribution in [-0.4, -0.2) is 25.1 Å². The van der Waals surface area contributed by atoms with Crippen molar-refractivity contribution in [2.24, 2.45) is 5.92 Å². The van der Waals surface area contributed by atoms with Gasteiger partial charge in [0.1, 0.15) is 0 Å². The van der Waals surface area contributed by atoms with E-state index in [0.29, 0.717) is 6.61 Å². The molecule has 1 aromatic carbocycles. The van der Waals surface area contributed by atoms with Crippen molar-refractivity contribution in [3.63, 3.8) is 0 Å². The SMILES string of the molecule is CCOc1ccc(C(=O)CC2CCC(C)OC2)c(C(F)F)c1F. The smallest absolute Gasteiger partial charge is 0.267 e. The van der Waals surface area contributed by atoms with E-state index in [2.05, 4.69) is 0 Å². The maximum atomic E-state index is 14.2. The van der Waals surface area contributed by atoms with E-state index >= 15 is 0 Å². The van der Waals surface area contributed by atoms with Crippen molar-refractivity contribution in [2.75, 3.05) is 13.2 Å². The van der Waals surface area contributed by atoms with Crippen LogP contribution in [0.5, 0.6) is 5.75 Å². The number of Topliss-reactive ketones (excluding diaryl/α,β-unsaturated/α-hetero) is 1. The second-order valence-electron chi connectivity index (χ2n) is 5.79. The van der Waals surface area contributed by atoms with Crippen LogP contribution in [0, 0.1) is 11.7 Å². The van der Waals surface area contributed by atoms with Crippen LogP contribution in [0.3, 0.4) is 0 Å². The topological polar surface area (TPSA) is 35.5 Å². The number of rotatable bonds is 6. The number of halogens is 3. The van der Waals surface area contributed by atoms with Crippen LogP contribution >= 0.6 is 0 Å². The Labute approximate surface area is 133 Å². The van der Waals surface area contributed by atoms with Crippen molar-refractivity contribution in [1.29, 1.82) is 0 Å². The third-order valence-corrected chi connectivity index (χ3v) is 4.03. The summed E-state index contributed by atoms with van der Waals surface area (Å²) in [6.45, 7) is 4.17. The lowest BCUT2D eigenvalue weighted by Gasteiger charge is -2.26. The fraction of sp³-hybridized carbons (Fsp3) is 0.588. The molecule has 0 saturated carbocycles. The van der Waals surface area contributed by atoms with Crippen LogP contribution in [0.25, 0.3) is 0 Å². The molecule has 0 N–H and O–H groups in total. The van der Waals surface area contributed by atoms with Crippen molar-refractivity contribution in [3.05, 3.63) is 29.1 Å². The van der Waals surface area contributed by atoms with Gasteiger partial charge in [0, 0.05) is 12.0 Å². The molecule has 0 spiro atoms. The van der Waals surface area contributed by atoms with Crippen molar-refractivity contribution in [1.82, 2.24) is 0 Å². The average molecular weight is 330 g/mol. The van der Waals surface area contributed by atoms with Crippen LogP contribution in [-0.2, 0) is 4.74 Å². The molecule has 1 aromatic rings. The number of ether oxygens (including phenoxy) is 2. The maximum Gasteiger partial charge on any atom is 0.267 e.